The molecule has 1 amide bonds. The molecule has 0 aliphatic carbocycles. The molecule has 150 valence electrons. The molecule has 7 heteroatoms. The molecule has 4 rings (SSSR count). The van der Waals surface area contributed by atoms with Gasteiger partial charge < -0.3 is 14.6 Å². The third-order valence-electron chi connectivity index (χ3n) is 5.62. The van der Waals surface area contributed by atoms with Crippen LogP contribution < -0.4 is 0 Å². The van der Waals surface area contributed by atoms with Gasteiger partial charge in [-0.05, 0) is 12.0 Å². The number of β-amino-alcohol motifs (C(OH)–C–C–N with tert-alkyl or cyclic N) is 1. The normalized spacial score (nSPS) is 23.1. The summed E-state index contributed by atoms with van der Waals surface area (Å²) in [6.07, 6.45) is 0.305. The lowest BCUT2D eigenvalue weighted by Crippen LogP contribution is -2.44. The van der Waals surface area contributed by atoms with Crippen LogP contribution in [0.3, 0.4) is 0 Å². The summed E-state index contributed by atoms with van der Waals surface area (Å²) in [4.78, 5) is 16.8. The average Bonchev–Trinajstić information content (AvgIpc) is 3.23. The van der Waals surface area contributed by atoms with Crippen molar-refractivity contribution in [3.8, 4) is 0 Å². The van der Waals surface area contributed by atoms with Gasteiger partial charge >= 0.3 is 0 Å². The van der Waals surface area contributed by atoms with Crippen molar-refractivity contribution >= 4 is 5.91 Å². The maximum absolute atomic E-state index is 12.6. The zero-order valence-corrected chi connectivity index (χ0v) is 16.9. The first kappa shape index (κ1) is 19.1. The molecule has 0 unspecified atom stereocenters. The van der Waals surface area contributed by atoms with Crippen molar-refractivity contribution in [2.24, 2.45) is 5.41 Å². The topological polar surface area (TPSA) is 74.5 Å². The molecular weight excluding hydrogens is 354 g/mol. The number of carbonyl (C=O) groups is 1. The largest absolute Gasteiger partial charge is 0.392 e. The molecule has 0 spiro atoms. The Morgan fingerprint density at radius 2 is 1.93 bits per heavy atom. The van der Waals surface area contributed by atoms with Gasteiger partial charge in [0.2, 0.25) is 5.91 Å². The number of benzene rings is 1. The molecule has 28 heavy (non-hydrogen) atoms. The lowest BCUT2D eigenvalue weighted by Gasteiger charge is -2.33. The van der Waals surface area contributed by atoms with Crippen LogP contribution in [-0.2, 0) is 24.4 Å². The second-order valence-corrected chi connectivity index (χ2v) is 8.92. The van der Waals surface area contributed by atoms with Crippen molar-refractivity contribution in [1.82, 2.24) is 24.6 Å². The van der Waals surface area contributed by atoms with Crippen molar-refractivity contribution in [3.63, 3.8) is 0 Å². The van der Waals surface area contributed by atoms with E-state index in [1.807, 2.05) is 43.9 Å². The van der Waals surface area contributed by atoms with Gasteiger partial charge in [0.25, 0.3) is 0 Å². The van der Waals surface area contributed by atoms with Gasteiger partial charge in [-0.3, -0.25) is 9.69 Å². The highest BCUT2D eigenvalue weighted by atomic mass is 16.3. The van der Waals surface area contributed by atoms with Gasteiger partial charge in [-0.2, -0.15) is 0 Å². The molecular formula is C21H29N5O2. The third kappa shape index (κ3) is 3.69. The quantitative estimate of drug-likeness (QED) is 0.877. The minimum absolute atomic E-state index is 0.0429. The highest BCUT2D eigenvalue weighted by Gasteiger charge is 2.38. The van der Waals surface area contributed by atoms with Gasteiger partial charge in [0.1, 0.15) is 0 Å². The minimum atomic E-state index is -0.396. The summed E-state index contributed by atoms with van der Waals surface area (Å²) >= 11 is 0. The van der Waals surface area contributed by atoms with Crippen LogP contribution in [0.25, 0.3) is 0 Å². The van der Waals surface area contributed by atoms with Crippen LogP contribution in [0.5, 0.6) is 0 Å². The number of aliphatic hydroxyl groups is 1. The summed E-state index contributed by atoms with van der Waals surface area (Å²) in [5, 5.41) is 19.2. The van der Waals surface area contributed by atoms with Crippen LogP contribution in [0, 0.1) is 5.41 Å². The van der Waals surface area contributed by atoms with E-state index in [2.05, 4.69) is 31.8 Å². The molecule has 2 aromatic rings. The predicted molar refractivity (Wildman–Crippen MR) is 105 cm³/mol. The number of nitrogens with zero attached hydrogens (tertiary/aromatic N) is 5. The summed E-state index contributed by atoms with van der Waals surface area (Å²) in [5.74, 6) is 1.88. The van der Waals surface area contributed by atoms with Gasteiger partial charge in [0.15, 0.2) is 11.6 Å². The zero-order chi connectivity index (χ0) is 19.9. The van der Waals surface area contributed by atoms with E-state index in [0.717, 1.165) is 18.2 Å². The van der Waals surface area contributed by atoms with Crippen molar-refractivity contribution in [3.05, 3.63) is 47.5 Å². The van der Waals surface area contributed by atoms with E-state index in [0.29, 0.717) is 32.6 Å². The van der Waals surface area contributed by atoms with E-state index in [1.165, 1.54) is 5.56 Å². The predicted octanol–water partition coefficient (Wildman–Crippen LogP) is 1.97. The number of aliphatic hydroxyl groups excluding tert-OH is 1. The molecule has 1 aromatic carbocycles. The Morgan fingerprint density at radius 3 is 2.64 bits per heavy atom. The molecule has 2 aliphatic heterocycles. The Labute approximate surface area is 166 Å². The molecule has 0 radical (unpaired) electrons. The SMILES string of the molecule is CC(C)(C)C(=O)N1CCn2c(nnc2[C@@H]2C[C@@H](O)CN2Cc2ccccc2)C1. The number of likely N-dealkylation sites (tertiary alicyclic amines) is 1. The first-order chi connectivity index (χ1) is 13.3. The molecule has 2 atom stereocenters. The zero-order valence-electron chi connectivity index (χ0n) is 16.9. The monoisotopic (exact) mass is 383 g/mol. The van der Waals surface area contributed by atoms with E-state index in [1.54, 1.807) is 0 Å². The standard InChI is InChI=1S/C21H29N5O2/c1-21(2,3)20(28)24-9-10-26-18(14-24)22-23-19(26)17-11-16(27)13-25(17)12-15-7-5-4-6-8-15/h4-8,16-17,27H,9-14H2,1-3H3/t16-,17+/m1/s1. The minimum Gasteiger partial charge on any atom is -0.392 e. The van der Waals surface area contributed by atoms with Crippen LogP contribution in [0.2, 0.25) is 0 Å². The summed E-state index contributed by atoms with van der Waals surface area (Å²) < 4.78 is 2.15. The summed E-state index contributed by atoms with van der Waals surface area (Å²) in [5.41, 5.74) is 0.828. The summed E-state index contributed by atoms with van der Waals surface area (Å²) in [7, 11) is 0. The van der Waals surface area contributed by atoms with E-state index < -0.39 is 5.41 Å². The smallest absolute Gasteiger partial charge is 0.228 e. The first-order valence-corrected chi connectivity index (χ1v) is 10.0. The van der Waals surface area contributed by atoms with Crippen LogP contribution in [0.1, 0.15) is 50.4 Å². The third-order valence-corrected chi connectivity index (χ3v) is 5.62. The van der Waals surface area contributed by atoms with Gasteiger partial charge in [-0.1, -0.05) is 51.1 Å². The number of fused-ring (bicyclic) bond motifs is 1. The Morgan fingerprint density at radius 1 is 1.18 bits per heavy atom. The van der Waals surface area contributed by atoms with E-state index >= 15 is 0 Å². The van der Waals surface area contributed by atoms with E-state index in [9.17, 15) is 9.90 Å². The summed E-state index contributed by atoms with van der Waals surface area (Å²) in [6.45, 7) is 9.12. The van der Waals surface area contributed by atoms with Crippen LogP contribution in [0.4, 0.5) is 0 Å². The van der Waals surface area contributed by atoms with Crippen molar-refractivity contribution in [2.75, 3.05) is 13.1 Å². The number of hydrogen-bond acceptors (Lipinski definition) is 5. The van der Waals surface area contributed by atoms with E-state index in [-0.39, 0.29) is 18.1 Å². The molecule has 1 N–H and O–H groups in total. The number of carbonyl (C=O) groups excluding carboxylic acids is 1. The molecule has 3 heterocycles. The van der Waals surface area contributed by atoms with Crippen LogP contribution in [0.15, 0.2) is 30.3 Å². The lowest BCUT2D eigenvalue weighted by atomic mass is 9.94. The van der Waals surface area contributed by atoms with Gasteiger partial charge in [-0.15, -0.1) is 10.2 Å². The maximum Gasteiger partial charge on any atom is 0.228 e. The molecule has 1 fully saturated rings. The highest BCUT2D eigenvalue weighted by Crippen LogP contribution is 2.34. The second kappa shape index (κ2) is 7.29. The fourth-order valence-corrected chi connectivity index (χ4v) is 4.22. The van der Waals surface area contributed by atoms with Crippen molar-refractivity contribution in [1.29, 1.82) is 0 Å². The molecule has 7 nitrogen and oxygen atoms in total. The van der Waals surface area contributed by atoms with Crippen LogP contribution in [-0.4, -0.2) is 54.8 Å². The molecule has 1 aromatic heterocycles. The van der Waals surface area contributed by atoms with Crippen molar-refractivity contribution in [2.45, 2.75) is 59.0 Å². The molecule has 0 bridgehead atoms. The van der Waals surface area contributed by atoms with Gasteiger partial charge in [-0.25, -0.2) is 0 Å². The Bertz CT molecular complexity index is 842. The summed E-state index contributed by atoms with van der Waals surface area (Å²) in [6, 6.07) is 10.3. The van der Waals surface area contributed by atoms with Crippen molar-refractivity contribution < 1.29 is 9.90 Å². The maximum atomic E-state index is 12.6. The number of hydrogen-bond donors (Lipinski definition) is 1. The molecule has 2 aliphatic rings. The molecule has 0 saturated carbocycles. The van der Waals surface area contributed by atoms with Crippen LogP contribution >= 0.6 is 0 Å². The first-order valence-electron chi connectivity index (χ1n) is 10.0. The highest BCUT2D eigenvalue weighted by molar-refractivity contribution is 5.81. The Balaban J connectivity index is 1.54. The van der Waals surface area contributed by atoms with E-state index in [4.69, 9.17) is 0 Å². The van der Waals surface area contributed by atoms with Gasteiger partial charge in [0.05, 0.1) is 18.7 Å². The Kier molecular flexibility index (Phi) is 4.97. The number of amides is 1. The lowest BCUT2D eigenvalue weighted by molar-refractivity contribution is -0.141. The second-order valence-electron chi connectivity index (χ2n) is 8.92. The fourth-order valence-electron chi connectivity index (χ4n) is 4.22. The number of aromatic nitrogens is 3. The molecule has 1 saturated heterocycles. The number of rotatable bonds is 3. The Hall–Kier alpha value is -2.25. The average molecular weight is 383 g/mol. The van der Waals surface area contributed by atoms with Gasteiger partial charge in [0, 0.05) is 31.6 Å². The fraction of sp³-hybridized carbons (Fsp3) is 0.571.